The molecular weight excluding hydrogens is 409 g/mol. The molecular formula is C21H27F3N6O. The molecule has 1 fully saturated rings. The Kier molecular flexibility index (Phi) is 8.05. The van der Waals surface area contributed by atoms with Gasteiger partial charge in [0.15, 0.2) is 5.96 Å². The van der Waals surface area contributed by atoms with Crippen molar-refractivity contribution in [3.05, 3.63) is 53.9 Å². The monoisotopic (exact) mass is 436 g/mol. The predicted molar refractivity (Wildman–Crippen MR) is 113 cm³/mol. The van der Waals surface area contributed by atoms with E-state index < -0.39 is 12.8 Å². The first-order valence-corrected chi connectivity index (χ1v) is 10.2. The summed E-state index contributed by atoms with van der Waals surface area (Å²) < 4.78 is 41.2. The predicted octanol–water partition coefficient (Wildman–Crippen LogP) is 2.84. The zero-order valence-corrected chi connectivity index (χ0v) is 17.5. The number of halogens is 3. The van der Waals surface area contributed by atoms with Gasteiger partial charge in [-0.25, -0.2) is 15.0 Å². The van der Waals surface area contributed by atoms with Crippen molar-refractivity contribution in [3.8, 4) is 0 Å². The van der Waals surface area contributed by atoms with Crippen molar-refractivity contribution in [3.63, 3.8) is 0 Å². The summed E-state index contributed by atoms with van der Waals surface area (Å²) in [6.07, 6.45) is -0.821. The van der Waals surface area contributed by atoms with Crippen molar-refractivity contribution >= 4 is 11.9 Å². The second kappa shape index (κ2) is 10.9. The molecule has 1 aromatic carbocycles. The summed E-state index contributed by atoms with van der Waals surface area (Å²) in [5, 5.41) is 3.33. The summed E-state index contributed by atoms with van der Waals surface area (Å²) >= 11 is 0. The Hall–Kier alpha value is -2.88. The van der Waals surface area contributed by atoms with E-state index in [1.54, 1.807) is 30.6 Å². The van der Waals surface area contributed by atoms with Gasteiger partial charge in [-0.15, -0.1) is 0 Å². The number of guanidine groups is 1. The van der Waals surface area contributed by atoms with E-state index in [1.165, 1.54) is 0 Å². The van der Waals surface area contributed by atoms with Crippen LogP contribution in [0.15, 0.2) is 47.7 Å². The number of aromatic nitrogens is 2. The van der Waals surface area contributed by atoms with Crippen LogP contribution in [0.3, 0.4) is 0 Å². The highest BCUT2D eigenvalue weighted by molar-refractivity contribution is 5.80. The van der Waals surface area contributed by atoms with Crippen LogP contribution in [0.2, 0.25) is 0 Å². The number of piperazine rings is 1. The SMILES string of the molecule is CCNC(=NCc1ccc(COCC(F)(F)F)cc1)N1CCN(c2ncccn2)CC1. The molecule has 0 radical (unpaired) electrons. The molecule has 168 valence electrons. The molecule has 0 aliphatic carbocycles. The number of hydrogen-bond donors (Lipinski definition) is 1. The Bertz CT molecular complexity index is 821. The molecule has 0 amide bonds. The molecule has 3 rings (SSSR count). The van der Waals surface area contributed by atoms with Gasteiger partial charge >= 0.3 is 6.18 Å². The van der Waals surface area contributed by atoms with Crippen LogP contribution < -0.4 is 10.2 Å². The third-order valence-electron chi connectivity index (χ3n) is 4.72. The van der Waals surface area contributed by atoms with Crippen molar-refractivity contribution in [1.82, 2.24) is 20.2 Å². The van der Waals surface area contributed by atoms with E-state index in [0.29, 0.717) is 12.1 Å². The standard InChI is InChI=1S/C21H27F3N6O/c1-2-25-19(29-10-12-30(13-11-29)20-26-8-3-9-27-20)28-14-17-4-6-18(7-5-17)15-31-16-21(22,23)24/h3-9H,2,10-16H2,1H3,(H,25,28). The lowest BCUT2D eigenvalue weighted by atomic mass is 10.1. The number of alkyl halides is 3. The summed E-state index contributed by atoms with van der Waals surface area (Å²) in [4.78, 5) is 17.7. The normalized spacial score (nSPS) is 15.3. The van der Waals surface area contributed by atoms with Gasteiger partial charge in [0, 0.05) is 45.1 Å². The van der Waals surface area contributed by atoms with Gasteiger partial charge in [0.25, 0.3) is 0 Å². The number of ether oxygens (including phenoxy) is 1. The van der Waals surface area contributed by atoms with Crippen LogP contribution in [0.5, 0.6) is 0 Å². The fourth-order valence-corrected chi connectivity index (χ4v) is 3.19. The van der Waals surface area contributed by atoms with E-state index in [9.17, 15) is 13.2 Å². The van der Waals surface area contributed by atoms with E-state index in [0.717, 1.165) is 50.2 Å². The van der Waals surface area contributed by atoms with Crippen LogP contribution in [0.1, 0.15) is 18.1 Å². The lowest BCUT2D eigenvalue weighted by molar-refractivity contribution is -0.176. The van der Waals surface area contributed by atoms with E-state index in [2.05, 4.69) is 25.1 Å². The van der Waals surface area contributed by atoms with Crippen molar-refractivity contribution in [1.29, 1.82) is 0 Å². The minimum Gasteiger partial charge on any atom is -0.367 e. The highest BCUT2D eigenvalue weighted by Gasteiger charge is 2.27. The maximum absolute atomic E-state index is 12.2. The maximum atomic E-state index is 12.2. The number of anilines is 1. The number of aliphatic imine (C=N–C) groups is 1. The second-order valence-corrected chi connectivity index (χ2v) is 7.12. The molecule has 10 heteroatoms. The summed E-state index contributed by atoms with van der Waals surface area (Å²) in [5.74, 6) is 1.58. The second-order valence-electron chi connectivity index (χ2n) is 7.12. The summed E-state index contributed by atoms with van der Waals surface area (Å²) in [6, 6.07) is 9.07. The zero-order valence-electron chi connectivity index (χ0n) is 17.5. The first-order chi connectivity index (χ1) is 14.9. The average molecular weight is 436 g/mol. The molecule has 1 aliphatic rings. The van der Waals surface area contributed by atoms with Crippen LogP contribution >= 0.6 is 0 Å². The van der Waals surface area contributed by atoms with Gasteiger partial charge in [0.1, 0.15) is 6.61 Å². The van der Waals surface area contributed by atoms with Gasteiger partial charge in [-0.05, 0) is 24.1 Å². The Labute approximate surface area is 180 Å². The summed E-state index contributed by atoms with van der Waals surface area (Å²) in [5.41, 5.74) is 1.68. The smallest absolute Gasteiger partial charge is 0.367 e. The molecule has 0 unspecified atom stereocenters. The molecule has 2 aromatic rings. The first kappa shape index (κ1) is 22.8. The third kappa shape index (κ3) is 7.39. The van der Waals surface area contributed by atoms with E-state index in [4.69, 9.17) is 9.73 Å². The number of nitrogens with one attached hydrogen (secondary N) is 1. The highest BCUT2D eigenvalue weighted by atomic mass is 19.4. The summed E-state index contributed by atoms with van der Waals surface area (Å²) in [6.45, 7) is 5.18. The molecule has 1 saturated heterocycles. The van der Waals surface area contributed by atoms with Gasteiger partial charge in [-0.2, -0.15) is 13.2 Å². The molecule has 2 heterocycles. The van der Waals surface area contributed by atoms with Gasteiger partial charge in [-0.3, -0.25) is 0 Å². The molecule has 1 N–H and O–H groups in total. The van der Waals surface area contributed by atoms with Gasteiger partial charge in [0.2, 0.25) is 5.95 Å². The van der Waals surface area contributed by atoms with Crippen molar-refractivity contribution in [2.24, 2.45) is 4.99 Å². The lowest BCUT2D eigenvalue weighted by Crippen LogP contribution is -2.52. The Balaban J connectivity index is 1.52. The van der Waals surface area contributed by atoms with Crippen molar-refractivity contribution in [2.45, 2.75) is 26.3 Å². The van der Waals surface area contributed by atoms with E-state index in [-0.39, 0.29) is 6.61 Å². The van der Waals surface area contributed by atoms with Crippen LogP contribution in [0.4, 0.5) is 19.1 Å². The number of benzene rings is 1. The molecule has 31 heavy (non-hydrogen) atoms. The number of rotatable bonds is 7. The van der Waals surface area contributed by atoms with E-state index >= 15 is 0 Å². The van der Waals surface area contributed by atoms with Crippen molar-refractivity contribution in [2.75, 3.05) is 44.2 Å². The van der Waals surface area contributed by atoms with Crippen LogP contribution in [-0.2, 0) is 17.9 Å². The quantitative estimate of drug-likeness (QED) is 0.532. The number of nitrogens with zero attached hydrogens (tertiary/aromatic N) is 5. The van der Waals surface area contributed by atoms with Crippen LogP contribution in [-0.4, -0.2) is 66.3 Å². The topological polar surface area (TPSA) is 65.9 Å². The van der Waals surface area contributed by atoms with Crippen LogP contribution in [0, 0.1) is 0 Å². The van der Waals surface area contributed by atoms with E-state index in [1.807, 2.05) is 19.1 Å². The average Bonchev–Trinajstić information content (AvgIpc) is 2.77. The Morgan fingerprint density at radius 1 is 1.06 bits per heavy atom. The molecule has 0 saturated carbocycles. The van der Waals surface area contributed by atoms with Gasteiger partial charge in [-0.1, -0.05) is 24.3 Å². The molecule has 0 spiro atoms. The molecule has 7 nitrogen and oxygen atoms in total. The first-order valence-electron chi connectivity index (χ1n) is 10.2. The van der Waals surface area contributed by atoms with Crippen LogP contribution in [0.25, 0.3) is 0 Å². The molecule has 0 atom stereocenters. The minimum absolute atomic E-state index is 0.0683. The van der Waals surface area contributed by atoms with Gasteiger partial charge < -0.3 is 19.9 Å². The summed E-state index contributed by atoms with van der Waals surface area (Å²) in [7, 11) is 0. The Morgan fingerprint density at radius 3 is 2.32 bits per heavy atom. The third-order valence-corrected chi connectivity index (χ3v) is 4.72. The maximum Gasteiger partial charge on any atom is 0.411 e. The largest absolute Gasteiger partial charge is 0.411 e. The fraction of sp³-hybridized carbons (Fsp3) is 0.476. The fourth-order valence-electron chi connectivity index (χ4n) is 3.19. The molecule has 1 aromatic heterocycles. The minimum atomic E-state index is -4.31. The Morgan fingerprint density at radius 2 is 1.71 bits per heavy atom. The van der Waals surface area contributed by atoms with Gasteiger partial charge in [0.05, 0.1) is 13.2 Å². The molecule has 0 bridgehead atoms. The highest BCUT2D eigenvalue weighted by Crippen LogP contribution is 2.16. The molecule has 1 aliphatic heterocycles. The lowest BCUT2D eigenvalue weighted by Gasteiger charge is -2.36. The van der Waals surface area contributed by atoms with Crippen molar-refractivity contribution < 1.29 is 17.9 Å². The number of hydrogen-bond acceptors (Lipinski definition) is 5. The zero-order chi connectivity index (χ0) is 22.1.